The van der Waals surface area contributed by atoms with Gasteiger partial charge in [-0.3, -0.25) is 4.79 Å². The van der Waals surface area contributed by atoms with Crippen molar-refractivity contribution in [3.05, 3.63) is 29.3 Å². The van der Waals surface area contributed by atoms with Gasteiger partial charge in [-0.05, 0) is 19.2 Å². The summed E-state index contributed by atoms with van der Waals surface area (Å²) in [6.07, 6.45) is 0.764. The van der Waals surface area contributed by atoms with E-state index in [2.05, 4.69) is 5.32 Å². The fourth-order valence-corrected chi connectivity index (χ4v) is 2.02. The standard InChI is InChI=1S/C10H11F2NO3S/c1-13-5-7(14)6-3-4-8(17(2,15)16)10(12)9(6)11/h3-4,13H,5H2,1-2H3. The van der Waals surface area contributed by atoms with Crippen molar-refractivity contribution in [3.8, 4) is 0 Å². The Morgan fingerprint density at radius 3 is 2.35 bits per heavy atom. The third-order valence-corrected chi connectivity index (χ3v) is 3.20. The molecule has 7 heteroatoms. The number of sulfone groups is 1. The van der Waals surface area contributed by atoms with Gasteiger partial charge in [0.2, 0.25) is 0 Å². The molecule has 0 aromatic heterocycles. The minimum atomic E-state index is -3.85. The summed E-state index contributed by atoms with van der Waals surface area (Å²) in [5.41, 5.74) is -0.468. The Morgan fingerprint density at radius 1 is 1.29 bits per heavy atom. The number of likely N-dealkylation sites (N-methyl/N-ethyl adjacent to an activating group) is 1. The van der Waals surface area contributed by atoms with Gasteiger partial charge in [-0.15, -0.1) is 0 Å². The Morgan fingerprint density at radius 2 is 1.88 bits per heavy atom. The highest BCUT2D eigenvalue weighted by Gasteiger charge is 2.22. The van der Waals surface area contributed by atoms with Crippen LogP contribution in [0.25, 0.3) is 0 Å². The molecule has 0 saturated heterocycles. The highest BCUT2D eigenvalue weighted by Crippen LogP contribution is 2.20. The summed E-state index contributed by atoms with van der Waals surface area (Å²) in [4.78, 5) is 10.6. The molecular weight excluding hydrogens is 252 g/mol. The summed E-state index contributed by atoms with van der Waals surface area (Å²) in [7, 11) is -2.37. The number of rotatable bonds is 4. The molecule has 0 aliphatic rings. The van der Waals surface area contributed by atoms with E-state index in [4.69, 9.17) is 0 Å². The number of Topliss-reactive ketones (excluding diaryl/α,β-unsaturated/α-hetero) is 1. The SMILES string of the molecule is CNCC(=O)c1ccc(S(C)(=O)=O)c(F)c1F. The van der Waals surface area contributed by atoms with E-state index < -0.39 is 37.7 Å². The fraction of sp³-hybridized carbons (Fsp3) is 0.300. The van der Waals surface area contributed by atoms with Crippen molar-refractivity contribution in [3.63, 3.8) is 0 Å². The van der Waals surface area contributed by atoms with Gasteiger partial charge in [0.1, 0.15) is 4.90 Å². The second kappa shape index (κ2) is 4.89. The predicted octanol–water partition coefficient (Wildman–Crippen LogP) is 0.770. The van der Waals surface area contributed by atoms with Crippen LogP contribution in [0.15, 0.2) is 17.0 Å². The van der Waals surface area contributed by atoms with Crippen molar-refractivity contribution < 1.29 is 22.0 Å². The largest absolute Gasteiger partial charge is 0.313 e. The second-order valence-corrected chi connectivity index (χ2v) is 5.45. The topological polar surface area (TPSA) is 63.2 Å². The first-order valence-corrected chi connectivity index (χ1v) is 6.54. The summed E-state index contributed by atoms with van der Waals surface area (Å²) >= 11 is 0. The molecule has 0 unspecified atom stereocenters. The summed E-state index contributed by atoms with van der Waals surface area (Å²) < 4.78 is 49.1. The summed E-state index contributed by atoms with van der Waals surface area (Å²) in [6, 6.07) is 1.85. The van der Waals surface area contributed by atoms with E-state index in [1.807, 2.05) is 0 Å². The Hall–Kier alpha value is -1.34. The van der Waals surface area contributed by atoms with E-state index >= 15 is 0 Å². The number of carbonyl (C=O) groups is 1. The van der Waals surface area contributed by atoms with Crippen LogP contribution in [0.5, 0.6) is 0 Å². The Balaban J connectivity index is 3.34. The molecule has 0 saturated carbocycles. The molecule has 0 aliphatic heterocycles. The average Bonchev–Trinajstić information content (AvgIpc) is 2.20. The molecule has 0 radical (unpaired) electrons. The summed E-state index contributed by atoms with van der Waals surface area (Å²) in [5, 5.41) is 2.50. The maximum Gasteiger partial charge on any atom is 0.179 e. The van der Waals surface area contributed by atoms with Crippen LogP contribution in [-0.2, 0) is 9.84 Å². The molecule has 0 fully saturated rings. The first-order valence-electron chi connectivity index (χ1n) is 4.65. The van der Waals surface area contributed by atoms with Gasteiger partial charge >= 0.3 is 0 Å². The molecule has 17 heavy (non-hydrogen) atoms. The fourth-order valence-electron chi connectivity index (χ4n) is 1.29. The van der Waals surface area contributed by atoms with Crippen LogP contribution in [0.2, 0.25) is 0 Å². The van der Waals surface area contributed by atoms with Gasteiger partial charge in [0.15, 0.2) is 27.3 Å². The molecule has 0 atom stereocenters. The number of hydrogen-bond donors (Lipinski definition) is 1. The number of benzene rings is 1. The van der Waals surface area contributed by atoms with E-state index in [0.717, 1.165) is 18.4 Å². The predicted molar refractivity (Wildman–Crippen MR) is 57.7 cm³/mol. The molecule has 0 bridgehead atoms. The molecule has 1 N–H and O–H groups in total. The minimum absolute atomic E-state index is 0.158. The molecule has 0 aliphatic carbocycles. The Bertz CT molecular complexity index is 555. The van der Waals surface area contributed by atoms with E-state index in [9.17, 15) is 22.0 Å². The van der Waals surface area contributed by atoms with E-state index in [1.54, 1.807) is 0 Å². The lowest BCUT2D eigenvalue weighted by Gasteiger charge is -2.06. The van der Waals surface area contributed by atoms with Crippen LogP contribution in [0.1, 0.15) is 10.4 Å². The smallest absolute Gasteiger partial charge is 0.179 e. The zero-order valence-electron chi connectivity index (χ0n) is 9.25. The molecule has 94 valence electrons. The summed E-state index contributed by atoms with van der Waals surface area (Å²) in [5.74, 6) is -3.61. The van der Waals surface area contributed by atoms with Crippen LogP contribution in [0.3, 0.4) is 0 Å². The minimum Gasteiger partial charge on any atom is -0.313 e. The van der Waals surface area contributed by atoms with Crippen molar-refractivity contribution in [2.24, 2.45) is 0 Å². The molecule has 0 heterocycles. The normalized spacial score (nSPS) is 11.5. The zero-order valence-corrected chi connectivity index (χ0v) is 10.1. The highest BCUT2D eigenvalue weighted by atomic mass is 32.2. The van der Waals surface area contributed by atoms with Gasteiger partial charge < -0.3 is 5.32 Å². The molecule has 4 nitrogen and oxygen atoms in total. The zero-order chi connectivity index (χ0) is 13.2. The number of hydrogen-bond acceptors (Lipinski definition) is 4. The van der Waals surface area contributed by atoms with Crippen molar-refractivity contribution in [2.45, 2.75) is 4.90 Å². The maximum atomic E-state index is 13.5. The Kier molecular flexibility index (Phi) is 3.94. The quantitative estimate of drug-likeness (QED) is 0.815. The summed E-state index contributed by atoms with van der Waals surface area (Å²) in [6.45, 7) is -0.158. The number of carbonyl (C=O) groups excluding carboxylic acids is 1. The molecule has 1 aromatic rings. The first-order chi connectivity index (χ1) is 7.79. The first kappa shape index (κ1) is 13.7. The number of halogens is 2. The van der Waals surface area contributed by atoms with E-state index in [0.29, 0.717) is 0 Å². The van der Waals surface area contributed by atoms with Crippen molar-refractivity contribution in [1.29, 1.82) is 0 Å². The lowest BCUT2D eigenvalue weighted by atomic mass is 10.1. The van der Waals surface area contributed by atoms with Crippen molar-refractivity contribution >= 4 is 15.6 Å². The third-order valence-electron chi connectivity index (χ3n) is 2.08. The van der Waals surface area contributed by atoms with Gasteiger partial charge in [-0.2, -0.15) is 0 Å². The molecule has 0 amide bonds. The van der Waals surface area contributed by atoms with Crippen LogP contribution in [0, 0.1) is 11.6 Å². The van der Waals surface area contributed by atoms with Crippen LogP contribution < -0.4 is 5.32 Å². The number of ketones is 1. The molecular formula is C10H11F2NO3S. The van der Waals surface area contributed by atoms with Crippen LogP contribution in [-0.4, -0.2) is 34.0 Å². The third kappa shape index (κ3) is 2.86. The molecule has 0 spiro atoms. The van der Waals surface area contributed by atoms with Crippen LogP contribution in [0.4, 0.5) is 8.78 Å². The van der Waals surface area contributed by atoms with Crippen LogP contribution >= 0.6 is 0 Å². The lowest BCUT2D eigenvalue weighted by molar-refractivity contribution is 0.0988. The van der Waals surface area contributed by atoms with Gasteiger partial charge in [0.05, 0.1) is 12.1 Å². The van der Waals surface area contributed by atoms with Gasteiger partial charge in [-0.25, -0.2) is 17.2 Å². The average molecular weight is 263 g/mol. The molecule has 1 rings (SSSR count). The lowest BCUT2D eigenvalue weighted by Crippen LogP contribution is -2.20. The van der Waals surface area contributed by atoms with E-state index in [1.165, 1.54) is 7.05 Å². The highest BCUT2D eigenvalue weighted by molar-refractivity contribution is 7.90. The van der Waals surface area contributed by atoms with Crippen molar-refractivity contribution in [1.82, 2.24) is 5.32 Å². The van der Waals surface area contributed by atoms with Gasteiger partial charge in [-0.1, -0.05) is 0 Å². The van der Waals surface area contributed by atoms with Gasteiger partial charge in [0, 0.05) is 6.26 Å². The second-order valence-electron chi connectivity index (χ2n) is 3.46. The van der Waals surface area contributed by atoms with Gasteiger partial charge in [0.25, 0.3) is 0 Å². The number of nitrogens with one attached hydrogen (secondary N) is 1. The van der Waals surface area contributed by atoms with E-state index in [-0.39, 0.29) is 6.54 Å². The van der Waals surface area contributed by atoms with Crippen molar-refractivity contribution in [2.75, 3.05) is 19.8 Å². The Labute approximate surface area is 97.6 Å². The maximum absolute atomic E-state index is 13.5. The monoisotopic (exact) mass is 263 g/mol. The molecule has 1 aromatic carbocycles.